The fraction of sp³-hybridized carbons (Fsp3) is 0.800. The molecule has 1 rings (SSSR count). The van der Waals surface area contributed by atoms with Crippen molar-refractivity contribution in [1.82, 2.24) is 51.9 Å². The number of ketones is 1. The van der Waals surface area contributed by atoms with Gasteiger partial charge in [-0.2, -0.15) is 0 Å². The number of unbranched alkanes of at least 4 members (excludes halogenated alkanes) is 13. The van der Waals surface area contributed by atoms with E-state index in [-0.39, 0.29) is 82.5 Å². The van der Waals surface area contributed by atoms with Crippen molar-refractivity contribution in [3.05, 3.63) is 5.82 Å². The first-order valence-corrected chi connectivity index (χ1v) is 26.3. The summed E-state index contributed by atoms with van der Waals surface area (Å²) in [6.07, 6.45) is 16.1. The standard InChI is InChI=1S/C45H80N10O14S/c1-34(56)35(46-2)19-16-17-27-47-40(58)25-23-36(44(62)63)49-41(59)26-24-37(45(64)65)50-43(61)33-69-31-30-68-29-28-48-39(57)22-18-32-70(66,67)53-42(60)21-15-13-11-9-7-5-3-4-6-8-10-12-14-20-38-51-54-55-52-38/h35-37,46H,3-33H2,1-2H3,(H,47,58)(H,48,57)(H,49,59)(H,50,61)(H,53,60)(H,62,63)(H,64,65)(H,51,52,54,55)/t35-,36-,37-/m0/s1. The van der Waals surface area contributed by atoms with Crippen LogP contribution in [0.15, 0.2) is 0 Å². The lowest BCUT2D eigenvalue weighted by molar-refractivity contribution is -0.144. The van der Waals surface area contributed by atoms with Crippen LogP contribution in [-0.4, -0.2) is 157 Å². The molecular formula is C45H80N10O14S. The van der Waals surface area contributed by atoms with Crippen LogP contribution in [0, 0.1) is 0 Å². The number of rotatable bonds is 46. The lowest BCUT2D eigenvalue weighted by atomic mass is 10.0. The number of carboxylic acids is 2. The molecular weight excluding hydrogens is 937 g/mol. The third-order valence-corrected chi connectivity index (χ3v) is 12.5. The van der Waals surface area contributed by atoms with Gasteiger partial charge in [0.1, 0.15) is 30.3 Å². The predicted molar refractivity (Wildman–Crippen MR) is 256 cm³/mol. The number of amides is 5. The highest BCUT2D eigenvalue weighted by molar-refractivity contribution is 7.90. The zero-order valence-corrected chi connectivity index (χ0v) is 42.0. The van der Waals surface area contributed by atoms with E-state index in [9.17, 15) is 57.0 Å². The van der Waals surface area contributed by atoms with Crippen molar-refractivity contribution in [3.63, 3.8) is 0 Å². The molecule has 0 saturated heterocycles. The molecule has 0 aliphatic carbocycles. The van der Waals surface area contributed by atoms with Gasteiger partial charge in [0.05, 0.1) is 31.6 Å². The number of nitrogens with zero attached hydrogens (tertiary/aromatic N) is 3. The molecule has 1 heterocycles. The average molecular weight is 1020 g/mol. The molecule has 0 unspecified atom stereocenters. The summed E-state index contributed by atoms with van der Waals surface area (Å²) in [4.78, 5) is 96.1. The Hall–Kier alpha value is -5.14. The van der Waals surface area contributed by atoms with Gasteiger partial charge in [-0.3, -0.25) is 33.5 Å². The highest BCUT2D eigenvalue weighted by atomic mass is 32.2. The van der Waals surface area contributed by atoms with Gasteiger partial charge in [0.25, 0.3) is 0 Å². The summed E-state index contributed by atoms with van der Waals surface area (Å²) in [5.41, 5.74) is 0. The van der Waals surface area contributed by atoms with Gasteiger partial charge in [0.2, 0.25) is 39.6 Å². The third kappa shape index (κ3) is 35.0. The van der Waals surface area contributed by atoms with Crippen LogP contribution in [-0.2, 0) is 64.3 Å². The molecule has 25 heteroatoms. The van der Waals surface area contributed by atoms with E-state index in [0.717, 1.165) is 44.3 Å². The van der Waals surface area contributed by atoms with E-state index in [0.29, 0.717) is 32.2 Å². The molecule has 24 nitrogen and oxygen atoms in total. The monoisotopic (exact) mass is 1020 g/mol. The molecule has 3 atom stereocenters. The van der Waals surface area contributed by atoms with Crippen LogP contribution in [0.1, 0.15) is 160 Å². The summed E-state index contributed by atoms with van der Waals surface area (Å²) in [5.74, 6) is -5.25. The maximum atomic E-state index is 12.5. The molecule has 0 saturated carbocycles. The van der Waals surface area contributed by atoms with Crippen molar-refractivity contribution < 1.29 is 66.5 Å². The number of likely N-dealkylation sites (N-methyl/N-ethyl adjacent to an activating group) is 1. The molecule has 0 radical (unpaired) electrons. The van der Waals surface area contributed by atoms with E-state index in [1.54, 1.807) is 7.05 Å². The van der Waals surface area contributed by atoms with Crippen molar-refractivity contribution in [1.29, 1.82) is 0 Å². The summed E-state index contributed by atoms with van der Waals surface area (Å²) < 4.78 is 37.3. The Labute approximate surface area is 411 Å². The first-order valence-electron chi connectivity index (χ1n) is 24.7. The molecule has 1 aromatic heterocycles. The van der Waals surface area contributed by atoms with Crippen LogP contribution in [0.2, 0.25) is 0 Å². The van der Waals surface area contributed by atoms with Crippen molar-refractivity contribution in [2.45, 2.75) is 179 Å². The van der Waals surface area contributed by atoms with E-state index in [4.69, 9.17) is 9.47 Å². The van der Waals surface area contributed by atoms with Gasteiger partial charge >= 0.3 is 11.9 Å². The second-order valence-corrected chi connectivity index (χ2v) is 19.0. The Morgan fingerprint density at radius 2 is 1.10 bits per heavy atom. The van der Waals surface area contributed by atoms with Crippen LogP contribution in [0.25, 0.3) is 0 Å². The smallest absolute Gasteiger partial charge is 0.326 e. The predicted octanol–water partition coefficient (Wildman–Crippen LogP) is 1.74. The summed E-state index contributed by atoms with van der Waals surface area (Å²) in [6, 6.07) is -3.13. The topological polar surface area (TPSA) is 356 Å². The SMILES string of the molecule is CN[C@@H](CCCCNC(=O)CC[C@H](NC(=O)CC[C@H](NC(=O)COCCOCCNC(=O)CCCS(=O)(=O)NC(=O)CCCCCCCCCCCCCCCc1nnn[nH]1)C(=O)O)C(=O)O)C(C)=O. The van der Waals surface area contributed by atoms with Gasteiger partial charge < -0.3 is 46.3 Å². The largest absolute Gasteiger partial charge is 0.480 e. The highest BCUT2D eigenvalue weighted by Crippen LogP contribution is 2.14. The molecule has 0 aromatic carbocycles. The first kappa shape index (κ1) is 62.9. The van der Waals surface area contributed by atoms with Gasteiger partial charge in [0.15, 0.2) is 0 Å². The Morgan fingerprint density at radius 3 is 1.67 bits per heavy atom. The fourth-order valence-electron chi connectivity index (χ4n) is 7.15. The number of aryl methyl sites for hydroxylation is 1. The van der Waals surface area contributed by atoms with Crippen LogP contribution in [0.4, 0.5) is 0 Å². The molecule has 5 amide bonds. The summed E-state index contributed by atoms with van der Waals surface area (Å²) in [5, 5.41) is 45.5. The van der Waals surface area contributed by atoms with Crippen LogP contribution >= 0.6 is 0 Å². The van der Waals surface area contributed by atoms with Crippen molar-refractivity contribution >= 4 is 57.3 Å². The lowest BCUT2D eigenvalue weighted by Gasteiger charge is -2.17. The number of aromatic amines is 1. The Balaban J connectivity index is 2.07. The minimum atomic E-state index is -3.87. The number of ether oxygens (including phenoxy) is 2. The van der Waals surface area contributed by atoms with Crippen LogP contribution < -0.4 is 31.3 Å². The molecule has 0 spiro atoms. The number of carbonyl (C=O) groups is 8. The number of carboxylic acid groups (broad SMARTS) is 2. The minimum absolute atomic E-state index is 0.0157. The zero-order chi connectivity index (χ0) is 51.8. The maximum Gasteiger partial charge on any atom is 0.326 e. The van der Waals surface area contributed by atoms with Crippen LogP contribution in [0.5, 0.6) is 0 Å². The van der Waals surface area contributed by atoms with Gasteiger partial charge in [-0.1, -0.05) is 70.6 Å². The average Bonchev–Trinajstić information content (AvgIpc) is 3.83. The Morgan fingerprint density at radius 1 is 0.571 bits per heavy atom. The number of hydrogen-bond acceptors (Lipinski definition) is 16. The van der Waals surface area contributed by atoms with E-state index < -0.39 is 76.6 Å². The van der Waals surface area contributed by atoms with Gasteiger partial charge in [-0.05, 0) is 75.8 Å². The molecule has 0 aliphatic heterocycles. The number of carbonyl (C=O) groups excluding carboxylic acids is 6. The van der Waals surface area contributed by atoms with E-state index in [1.807, 2.05) is 0 Å². The van der Waals surface area contributed by atoms with Gasteiger partial charge in [-0.15, -0.1) is 5.10 Å². The molecule has 0 fully saturated rings. The normalized spacial score (nSPS) is 12.6. The molecule has 1 aromatic rings. The quantitative estimate of drug-likeness (QED) is 0.0420. The van der Waals surface area contributed by atoms with E-state index in [1.165, 1.54) is 51.9 Å². The lowest BCUT2D eigenvalue weighted by Crippen LogP contribution is -2.45. The number of nitrogens with one attached hydrogen (secondary N) is 7. The fourth-order valence-corrected chi connectivity index (χ4v) is 8.23. The van der Waals surface area contributed by atoms with Crippen molar-refractivity contribution in [2.75, 3.05) is 52.3 Å². The number of aromatic nitrogens is 4. The second kappa shape index (κ2) is 39.6. The van der Waals surface area contributed by atoms with Gasteiger partial charge in [-0.25, -0.2) is 23.1 Å². The molecule has 0 aliphatic rings. The Bertz CT molecular complexity index is 1790. The van der Waals surface area contributed by atoms with Crippen molar-refractivity contribution in [3.8, 4) is 0 Å². The van der Waals surface area contributed by atoms with Crippen molar-refractivity contribution in [2.24, 2.45) is 0 Å². The van der Waals surface area contributed by atoms with E-state index in [2.05, 4.69) is 51.9 Å². The number of Topliss-reactive ketones (excluding diaryl/α,β-unsaturated/α-hetero) is 1. The van der Waals surface area contributed by atoms with Gasteiger partial charge in [0, 0.05) is 45.2 Å². The number of tetrazole rings is 1. The molecule has 9 N–H and O–H groups in total. The molecule has 400 valence electrons. The first-order chi connectivity index (χ1) is 33.5. The molecule has 0 bridgehead atoms. The third-order valence-electron chi connectivity index (χ3n) is 11.1. The minimum Gasteiger partial charge on any atom is -0.480 e. The zero-order valence-electron chi connectivity index (χ0n) is 41.2. The maximum absolute atomic E-state index is 12.5. The number of sulfonamides is 1. The summed E-state index contributed by atoms with van der Waals surface area (Å²) in [7, 11) is -2.18. The van der Waals surface area contributed by atoms with Crippen LogP contribution in [0.3, 0.4) is 0 Å². The van der Waals surface area contributed by atoms with E-state index >= 15 is 0 Å². The molecule has 70 heavy (non-hydrogen) atoms. The summed E-state index contributed by atoms with van der Waals surface area (Å²) >= 11 is 0. The Kier molecular flexibility index (Phi) is 35.5. The number of H-pyrrole nitrogens is 1. The summed E-state index contributed by atoms with van der Waals surface area (Å²) in [6.45, 7) is 1.49. The highest BCUT2D eigenvalue weighted by Gasteiger charge is 2.25. The second-order valence-electron chi connectivity index (χ2n) is 17.2. The number of aliphatic carboxylic acids is 2. The number of hydrogen-bond donors (Lipinski definition) is 9.